The summed E-state index contributed by atoms with van der Waals surface area (Å²) in [7, 11) is 0. The van der Waals surface area contributed by atoms with E-state index in [1.165, 1.54) is 0 Å². The fraction of sp³-hybridized carbons (Fsp3) is 0.417. The highest BCUT2D eigenvalue weighted by Gasteiger charge is 2.56. The van der Waals surface area contributed by atoms with E-state index < -0.39 is 4.33 Å². The van der Waals surface area contributed by atoms with Crippen LogP contribution in [-0.4, -0.2) is 10.2 Å². The summed E-state index contributed by atoms with van der Waals surface area (Å²) < 4.78 is -0.885. The number of alkyl halides is 2. The van der Waals surface area contributed by atoms with Crippen molar-refractivity contribution in [3.63, 3.8) is 0 Å². The van der Waals surface area contributed by atoms with Crippen molar-refractivity contribution in [1.82, 2.24) is 5.32 Å². The number of halogens is 3. The number of hydrogen-bond acceptors (Lipinski definition) is 1. The minimum Gasteiger partial charge on any atom is -0.349 e. The van der Waals surface area contributed by atoms with Crippen LogP contribution >= 0.6 is 34.8 Å². The Morgan fingerprint density at radius 2 is 2.06 bits per heavy atom. The molecule has 2 atom stereocenters. The Balaban J connectivity index is 2.01. The molecule has 1 saturated carbocycles. The molecular formula is C12H12Cl3NO. The molecule has 1 aromatic rings. The van der Waals surface area contributed by atoms with Crippen molar-refractivity contribution in [2.45, 2.75) is 23.7 Å². The second-order valence-corrected chi connectivity index (χ2v) is 6.22. The largest absolute Gasteiger partial charge is 0.349 e. The van der Waals surface area contributed by atoms with Gasteiger partial charge in [-0.1, -0.05) is 29.8 Å². The van der Waals surface area contributed by atoms with Crippen molar-refractivity contribution in [3.05, 3.63) is 34.9 Å². The third-order valence-corrected chi connectivity index (χ3v) is 4.05. The Kier molecular flexibility index (Phi) is 3.58. The summed E-state index contributed by atoms with van der Waals surface area (Å²) in [6.45, 7) is 1.88. The van der Waals surface area contributed by atoms with Gasteiger partial charge in [-0.25, -0.2) is 0 Å². The van der Waals surface area contributed by atoms with Crippen molar-refractivity contribution in [1.29, 1.82) is 0 Å². The van der Waals surface area contributed by atoms with Gasteiger partial charge in [-0.3, -0.25) is 4.79 Å². The summed E-state index contributed by atoms with van der Waals surface area (Å²) in [5.74, 6) is -0.432. The lowest BCUT2D eigenvalue weighted by molar-refractivity contribution is -0.122. The first-order chi connectivity index (χ1) is 7.92. The van der Waals surface area contributed by atoms with Crippen molar-refractivity contribution < 1.29 is 4.79 Å². The van der Waals surface area contributed by atoms with E-state index in [4.69, 9.17) is 34.8 Å². The SMILES string of the molecule is CC(NC(=O)C1CC1(Cl)Cl)c1ccccc1Cl. The van der Waals surface area contributed by atoms with Gasteiger partial charge in [-0.15, -0.1) is 23.2 Å². The molecule has 1 aromatic carbocycles. The predicted molar refractivity (Wildman–Crippen MR) is 70.6 cm³/mol. The lowest BCUT2D eigenvalue weighted by atomic mass is 10.1. The highest BCUT2D eigenvalue weighted by molar-refractivity contribution is 6.52. The molecule has 2 nitrogen and oxygen atoms in total. The van der Waals surface area contributed by atoms with Gasteiger partial charge in [0.2, 0.25) is 5.91 Å². The maximum Gasteiger partial charge on any atom is 0.226 e. The molecule has 0 aliphatic heterocycles. The monoisotopic (exact) mass is 291 g/mol. The van der Waals surface area contributed by atoms with E-state index >= 15 is 0 Å². The summed E-state index contributed by atoms with van der Waals surface area (Å²) >= 11 is 17.7. The van der Waals surface area contributed by atoms with E-state index in [9.17, 15) is 4.79 Å². The Hall–Kier alpha value is -0.440. The molecule has 17 heavy (non-hydrogen) atoms. The molecule has 0 bridgehead atoms. The number of nitrogens with one attached hydrogen (secondary N) is 1. The number of carbonyl (C=O) groups excluding carboxylic acids is 1. The van der Waals surface area contributed by atoms with E-state index in [0.29, 0.717) is 11.4 Å². The van der Waals surface area contributed by atoms with Crippen molar-refractivity contribution in [2.24, 2.45) is 5.92 Å². The first-order valence-electron chi connectivity index (χ1n) is 5.34. The Morgan fingerprint density at radius 3 is 2.59 bits per heavy atom. The molecular weight excluding hydrogens is 280 g/mol. The zero-order valence-corrected chi connectivity index (χ0v) is 11.5. The van der Waals surface area contributed by atoms with Crippen LogP contribution in [0.1, 0.15) is 24.9 Å². The second-order valence-electron chi connectivity index (χ2n) is 4.27. The van der Waals surface area contributed by atoms with Gasteiger partial charge >= 0.3 is 0 Å². The van der Waals surface area contributed by atoms with E-state index in [-0.39, 0.29) is 17.9 Å². The second kappa shape index (κ2) is 4.68. The fourth-order valence-corrected chi connectivity index (χ4v) is 2.52. The maximum absolute atomic E-state index is 11.8. The van der Waals surface area contributed by atoms with Crippen LogP contribution in [0.3, 0.4) is 0 Å². The summed E-state index contributed by atoms with van der Waals surface area (Å²) in [5.41, 5.74) is 0.887. The van der Waals surface area contributed by atoms with Crippen LogP contribution in [0.2, 0.25) is 5.02 Å². The van der Waals surface area contributed by atoms with Gasteiger partial charge in [0.1, 0.15) is 4.33 Å². The molecule has 2 unspecified atom stereocenters. The Bertz CT molecular complexity index is 447. The lowest BCUT2D eigenvalue weighted by Gasteiger charge is -2.15. The quantitative estimate of drug-likeness (QED) is 0.845. The zero-order chi connectivity index (χ0) is 12.6. The molecule has 1 N–H and O–H groups in total. The molecule has 0 aromatic heterocycles. The van der Waals surface area contributed by atoms with E-state index in [1.807, 2.05) is 25.1 Å². The van der Waals surface area contributed by atoms with Gasteiger partial charge in [-0.2, -0.15) is 0 Å². The highest BCUT2D eigenvalue weighted by atomic mass is 35.5. The molecule has 1 aliphatic carbocycles. The molecule has 0 radical (unpaired) electrons. The Morgan fingerprint density at radius 1 is 1.47 bits per heavy atom. The standard InChI is InChI=1S/C12H12Cl3NO/c1-7(8-4-2-3-5-10(8)13)16-11(17)9-6-12(9,14)15/h2-5,7,9H,6H2,1H3,(H,16,17). The molecule has 5 heteroatoms. The van der Waals surface area contributed by atoms with Crippen LogP contribution in [0, 0.1) is 5.92 Å². The van der Waals surface area contributed by atoms with Crippen LogP contribution in [-0.2, 0) is 4.79 Å². The van der Waals surface area contributed by atoms with E-state index in [0.717, 1.165) is 5.56 Å². The number of carbonyl (C=O) groups is 1. The van der Waals surface area contributed by atoms with Crippen molar-refractivity contribution in [2.75, 3.05) is 0 Å². The van der Waals surface area contributed by atoms with Crippen LogP contribution in [0.15, 0.2) is 24.3 Å². The minimum atomic E-state index is -0.885. The molecule has 1 fully saturated rings. The van der Waals surface area contributed by atoms with Crippen LogP contribution in [0.25, 0.3) is 0 Å². The normalized spacial score (nSPS) is 22.9. The topological polar surface area (TPSA) is 29.1 Å². The van der Waals surface area contributed by atoms with E-state index in [2.05, 4.69) is 5.32 Å². The molecule has 1 aliphatic rings. The average Bonchev–Trinajstić information content (AvgIpc) is 2.88. The van der Waals surface area contributed by atoms with Gasteiger partial charge < -0.3 is 5.32 Å². The predicted octanol–water partition coefficient (Wildman–Crippen LogP) is 3.71. The molecule has 92 valence electrons. The number of amides is 1. The first-order valence-corrected chi connectivity index (χ1v) is 6.48. The number of hydrogen-bond donors (Lipinski definition) is 1. The zero-order valence-electron chi connectivity index (χ0n) is 9.21. The lowest BCUT2D eigenvalue weighted by Crippen LogP contribution is -2.29. The maximum atomic E-state index is 11.8. The van der Waals surface area contributed by atoms with Gasteiger partial charge in [0, 0.05) is 5.02 Å². The summed E-state index contributed by atoms with van der Waals surface area (Å²) in [4.78, 5) is 11.8. The van der Waals surface area contributed by atoms with Crippen molar-refractivity contribution in [3.8, 4) is 0 Å². The highest BCUT2D eigenvalue weighted by Crippen LogP contribution is 2.53. The third kappa shape index (κ3) is 2.87. The number of benzene rings is 1. The number of rotatable bonds is 3. The van der Waals surface area contributed by atoms with Crippen LogP contribution in [0.5, 0.6) is 0 Å². The minimum absolute atomic E-state index is 0.123. The smallest absolute Gasteiger partial charge is 0.226 e. The first kappa shape index (κ1) is 13.0. The average molecular weight is 293 g/mol. The molecule has 1 amide bonds. The van der Waals surface area contributed by atoms with Crippen molar-refractivity contribution >= 4 is 40.7 Å². The van der Waals surface area contributed by atoms with Crippen LogP contribution in [0.4, 0.5) is 0 Å². The molecule has 0 spiro atoms. The fourth-order valence-electron chi connectivity index (χ4n) is 1.72. The van der Waals surface area contributed by atoms with E-state index in [1.54, 1.807) is 6.07 Å². The van der Waals surface area contributed by atoms with Gasteiger partial charge in [0.25, 0.3) is 0 Å². The van der Waals surface area contributed by atoms with Gasteiger partial charge in [0.05, 0.1) is 12.0 Å². The molecule has 0 heterocycles. The molecule has 0 saturated heterocycles. The Labute approximate surface area is 115 Å². The van der Waals surface area contributed by atoms with Gasteiger partial charge in [-0.05, 0) is 25.0 Å². The van der Waals surface area contributed by atoms with Crippen LogP contribution < -0.4 is 5.32 Å². The molecule has 2 rings (SSSR count). The summed E-state index contributed by atoms with van der Waals surface area (Å²) in [5, 5.41) is 3.50. The summed E-state index contributed by atoms with van der Waals surface area (Å²) in [6.07, 6.45) is 0.511. The third-order valence-electron chi connectivity index (χ3n) is 2.87. The summed E-state index contributed by atoms with van der Waals surface area (Å²) in [6, 6.07) is 7.26. The van der Waals surface area contributed by atoms with Gasteiger partial charge in [0.15, 0.2) is 0 Å².